The number of carbonyl (C=O) groups is 1. The topological polar surface area (TPSA) is 50.1 Å². The molecule has 0 spiro atoms. The number of unbranched alkanes of at least 4 members (excludes halogenated alkanes) is 7. The minimum atomic E-state index is 0.145. The van der Waals surface area contributed by atoms with Crippen LogP contribution in [0.4, 0.5) is 0 Å². The van der Waals surface area contributed by atoms with Gasteiger partial charge >= 0.3 is 0 Å². The summed E-state index contributed by atoms with van der Waals surface area (Å²) in [4.78, 5) is 12.8. The third-order valence-electron chi connectivity index (χ3n) is 7.38. The molecule has 4 unspecified atom stereocenters. The Labute approximate surface area is 195 Å². The number of nitrogens with zero attached hydrogens (tertiary/aromatic N) is 1. The normalized spacial score (nSPS) is 23.7. The molecule has 2 saturated heterocycles. The summed E-state index contributed by atoms with van der Waals surface area (Å²) < 4.78 is 6.23. The number of nitriles is 1. The Morgan fingerprint density at radius 3 is 2.34 bits per heavy atom. The summed E-state index contributed by atoms with van der Waals surface area (Å²) in [5, 5.41) is 9.45. The van der Waals surface area contributed by atoms with Crippen LogP contribution in [0.2, 0.25) is 0 Å². The Hall–Kier alpha value is -1.66. The van der Waals surface area contributed by atoms with Crippen LogP contribution in [-0.4, -0.2) is 11.9 Å². The van der Waals surface area contributed by atoms with Crippen molar-refractivity contribution in [2.24, 2.45) is 11.8 Å². The first-order chi connectivity index (χ1) is 15.7. The van der Waals surface area contributed by atoms with Crippen molar-refractivity contribution in [1.82, 2.24) is 0 Å². The van der Waals surface area contributed by atoms with E-state index in [1.807, 2.05) is 0 Å². The lowest BCUT2D eigenvalue weighted by Gasteiger charge is -2.46. The van der Waals surface area contributed by atoms with Gasteiger partial charge in [0.05, 0.1) is 12.2 Å². The fourth-order valence-electron chi connectivity index (χ4n) is 5.47. The van der Waals surface area contributed by atoms with Gasteiger partial charge in [0.15, 0.2) is 11.9 Å². The van der Waals surface area contributed by atoms with E-state index in [0.29, 0.717) is 12.3 Å². The molecule has 1 saturated carbocycles. The highest BCUT2D eigenvalue weighted by molar-refractivity contribution is 5.90. The average Bonchev–Trinajstić information content (AvgIpc) is 2.85. The van der Waals surface area contributed by atoms with Gasteiger partial charge in [-0.3, -0.25) is 4.79 Å². The van der Waals surface area contributed by atoms with E-state index in [4.69, 9.17) is 4.74 Å². The Morgan fingerprint density at radius 2 is 1.69 bits per heavy atom. The number of ketones is 1. The third kappa shape index (κ3) is 7.45. The molecular weight excluding hydrogens is 394 g/mol. The van der Waals surface area contributed by atoms with Gasteiger partial charge in [0.1, 0.15) is 0 Å². The fraction of sp³-hybridized carbons (Fsp3) is 0.655. The number of fused-ring (bicyclic) bond motifs is 3. The molecule has 0 aromatic heterocycles. The number of carbonyl (C=O) groups excluding carboxylic acids is 1. The van der Waals surface area contributed by atoms with E-state index in [9.17, 15) is 10.1 Å². The highest BCUT2D eigenvalue weighted by Crippen LogP contribution is 2.49. The summed E-state index contributed by atoms with van der Waals surface area (Å²) in [5.74, 6) is 1.07. The minimum absolute atomic E-state index is 0.145. The van der Waals surface area contributed by atoms with Crippen LogP contribution in [0.25, 0.3) is 0 Å². The Kier molecular flexibility index (Phi) is 10.8. The second-order valence-electron chi connectivity index (χ2n) is 9.81. The van der Waals surface area contributed by atoms with Gasteiger partial charge in [-0.25, -0.2) is 0 Å². The van der Waals surface area contributed by atoms with E-state index < -0.39 is 0 Å². The lowest BCUT2D eigenvalue weighted by molar-refractivity contribution is -0.137. The number of hydrogen-bond acceptors (Lipinski definition) is 3. The number of Topliss-reactive ketones (excluding diaryl/α,β-unsaturated/α-hetero) is 1. The van der Waals surface area contributed by atoms with E-state index in [1.54, 1.807) is 0 Å². The standard InChI is InChI=1S/C29H41NO2/c1-2-3-4-5-6-7-9-14-23(22-30)15-12-13-18-27(31)29-25-19-20-28(32-29)26(21-25)24-16-10-8-11-17-24/h8,10-11,16-17,23,25-26,28H,1-7,9,12-15,18-21H2. The van der Waals surface area contributed by atoms with Crippen molar-refractivity contribution in [1.29, 1.82) is 5.26 Å². The van der Waals surface area contributed by atoms with Crippen molar-refractivity contribution >= 4 is 5.78 Å². The molecule has 2 bridgehead atoms. The summed E-state index contributed by atoms with van der Waals surface area (Å²) >= 11 is 0. The summed E-state index contributed by atoms with van der Waals surface area (Å²) in [6.07, 6.45) is 16.9. The van der Waals surface area contributed by atoms with Crippen molar-refractivity contribution in [3.8, 4) is 6.07 Å². The quantitative estimate of drug-likeness (QED) is 0.265. The molecule has 32 heavy (non-hydrogen) atoms. The van der Waals surface area contributed by atoms with Crippen molar-refractivity contribution < 1.29 is 9.53 Å². The van der Waals surface area contributed by atoms with Crippen LogP contribution in [0.5, 0.6) is 0 Å². The van der Waals surface area contributed by atoms with Crippen molar-refractivity contribution in [3.63, 3.8) is 0 Å². The highest BCUT2D eigenvalue weighted by atomic mass is 16.5. The van der Waals surface area contributed by atoms with Crippen LogP contribution in [0.3, 0.4) is 0 Å². The molecule has 4 rings (SSSR count). The summed E-state index contributed by atoms with van der Waals surface area (Å²) in [5.41, 5.74) is 1.34. The Morgan fingerprint density at radius 1 is 1.00 bits per heavy atom. The van der Waals surface area contributed by atoms with Crippen LogP contribution in [0.15, 0.2) is 30.3 Å². The maximum atomic E-state index is 12.8. The van der Waals surface area contributed by atoms with Crippen LogP contribution in [0.1, 0.15) is 108 Å². The molecule has 3 heteroatoms. The molecule has 2 aliphatic heterocycles. The summed E-state index contributed by atoms with van der Waals surface area (Å²) in [6, 6.07) is 13.1. The van der Waals surface area contributed by atoms with Crippen LogP contribution in [-0.2, 0) is 9.53 Å². The van der Waals surface area contributed by atoms with Crippen molar-refractivity contribution in [3.05, 3.63) is 48.9 Å². The second-order valence-corrected chi connectivity index (χ2v) is 9.81. The lowest BCUT2D eigenvalue weighted by Crippen LogP contribution is -2.44. The van der Waals surface area contributed by atoms with Gasteiger partial charge in [0.25, 0.3) is 0 Å². The molecule has 3 aliphatic rings. The van der Waals surface area contributed by atoms with Gasteiger partial charge in [-0.15, -0.1) is 0 Å². The molecule has 2 radical (unpaired) electrons. The monoisotopic (exact) mass is 435 g/mol. The lowest BCUT2D eigenvalue weighted by atomic mass is 9.70. The van der Waals surface area contributed by atoms with E-state index in [0.717, 1.165) is 63.9 Å². The van der Waals surface area contributed by atoms with E-state index in [1.165, 1.54) is 37.7 Å². The predicted molar refractivity (Wildman–Crippen MR) is 130 cm³/mol. The van der Waals surface area contributed by atoms with Crippen molar-refractivity contribution in [2.45, 2.75) is 108 Å². The highest BCUT2D eigenvalue weighted by Gasteiger charge is 2.46. The number of benzene rings is 1. The number of rotatable bonds is 15. The van der Waals surface area contributed by atoms with E-state index >= 15 is 0 Å². The fourth-order valence-corrected chi connectivity index (χ4v) is 5.47. The molecule has 3 nitrogen and oxygen atoms in total. The van der Waals surface area contributed by atoms with Gasteiger partial charge in [-0.05, 0) is 50.0 Å². The van der Waals surface area contributed by atoms with E-state index in [2.05, 4.69) is 43.3 Å². The third-order valence-corrected chi connectivity index (χ3v) is 7.38. The van der Waals surface area contributed by atoms with Crippen molar-refractivity contribution in [2.75, 3.05) is 0 Å². The summed E-state index contributed by atoms with van der Waals surface area (Å²) in [6.45, 7) is 3.89. The Balaban J connectivity index is 1.30. The van der Waals surface area contributed by atoms with Gasteiger partial charge in [0.2, 0.25) is 0 Å². The van der Waals surface area contributed by atoms with Gasteiger partial charge in [-0.2, -0.15) is 5.26 Å². The first kappa shape index (κ1) is 25.0. The van der Waals surface area contributed by atoms with Gasteiger partial charge in [0, 0.05) is 18.3 Å². The molecule has 1 aliphatic carbocycles. The molecule has 0 amide bonds. The molecule has 2 heterocycles. The van der Waals surface area contributed by atoms with E-state index in [-0.39, 0.29) is 23.7 Å². The number of ether oxygens (including phenoxy) is 1. The summed E-state index contributed by atoms with van der Waals surface area (Å²) in [7, 11) is 0. The zero-order valence-electron chi connectivity index (χ0n) is 19.8. The average molecular weight is 436 g/mol. The molecule has 4 atom stereocenters. The van der Waals surface area contributed by atoms with Crippen LogP contribution in [0, 0.1) is 36.2 Å². The first-order valence-corrected chi connectivity index (χ1v) is 13.0. The van der Waals surface area contributed by atoms with Crippen LogP contribution < -0.4 is 0 Å². The molecule has 0 N–H and O–H groups in total. The Bertz CT molecular complexity index is 710. The molecule has 3 fully saturated rings. The maximum absolute atomic E-state index is 12.8. The molecular formula is C29H41NO2. The molecule has 1 aromatic carbocycles. The van der Waals surface area contributed by atoms with Crippen LogP contribution >= 0.6 is 0 Å². The SMILES string of the molecule is [CH2]CCCCCCCCC(C#N)CCCCC(=O)[C]1OC2CCC1CC2c1ccccc1. The maximum Gasteiger partial charge on any atom is 0.168 e. The molecule has 174 valence electrons. The zero-order chi connectivity index (χ0) is 22.6. The second kappa shape index (κ2) is 13.8. The minimum Gasteiger partial charge on any atom is -0.359 e. The largest absolute Gasteiger partial charge is 0.359 e. The number of hydrogen-bond donors (Lipinski definition) is 0. The van der Waals surface area contributed by atoms with Gasteiger partial charge < -0.3 is 4.74 Å². The zero-order valence-corrected chi connectivity index (χ0v) is 19.8. The first-order valence-electron chi connectivity index (χ1n) is 13.0. The predicted octanol–water partition coefficient (Wildman–Crippen LogP) is 7.73. The van der Waals surface area contributed by atoms with Gasteiger partial charge in [-0.1, -0.05) is 88.6 Å². The molecule has 1 aromatic rings. The smallest absolute Gasteiger partial charge is 0.168 e.